The summed E-state index contributed by atoms with van der Waals surface area (Å²) in [6.45, 7) is -0.480. The summed E-state index contributed by atoms with van der Waals surface area (Å²) < 4.78 is 46.8. The molecule has 0 saturated carbocycles. The van der Waals surface area contributed by atoms with Gasteiger partial charge in [-0.3, -0.25) is 9.59 Å². The number of nitrogens with zero attached hydrogens (tertiary/aromatic N) is 2. The zero-order valence-electron chi connectivity index (χ0n) is 20.7. The number of amides is 5. The van der Waals surface area contributed by atoms with Crippen molar-refractivity contribution in [3.63, 3.8) is 0 Å². The molecule has 5 amide bonds. The summed E-state index contributed by atoms with van der Waals surface area (Å²) in [5.74, 6) is -1.36. The Kier molecular flexibility index (Phi) is 6.69. The maximum Gasteiger partial charge on any atom is 0.418 e. The zero-order valence-corrected chi connectivity index (χ0v) is 21.5. The molecule has 39 heavy (non-hydrogen) atoms. The second kappa shape index (κ2) is 9.74. The van der Waals surface area contributed by atoms with E-state index in [9.17, 15) is 32.3 Å². The molecule has 2 aliphatic heterocycles. The highest BCUT2D eigenvalue weighted by atomic mass is 35.5. The third kappa shape index (κ3) is 4.66. The molecule has 0 radical (unpaired) electrons. The summed E-state index contributed by atoms with van der Waals surface area (Å²) in [7, 11) is 1.47. The van der Waals surface area contributed by atoms with Crippen LogP contribution in [0.3, 0.4) is 0 Å². The number of nitrogens with one attached hydrogen (secondary N) is 2. The Morgan fingerprint density at radius 2 is 1.95 bits per heavy atom. The Hall–Kier alpha value is -3.80. The highest BCUT2D eigenvalue weighted by Crippen LogP contribution is 2.46. The third-order valence-corrected chi connectivity index (χ3v) is 7.63. The highest BCUT2D eigenvalue weighted by Gasteiger charge is 2.58. The normalized spacial score (nSPS) is 22.3. The minimum absolute atomic E-state index is 0.0777. The van der Waals surface area contributed by atoms with Gasteiger partial charge in [0, 0.05) is 36.3 Å². The number of ether oxygens (including phenoxy) is 1. The first-order valence-corrected chi connectivity index (χ1v) is 12.7. The molecule has 2 aromatic carbocycles. The van der Waals surface area contributed by atoms with Gasteiger partial charge in [-0.05, 0) is 54.7 Å². The number of hydrogen-bond donors (Lipinski definition) is 2. The van der Waals surface area contributed by atoms with Crippen molar-refractivity contribution in [1.82, 2.24) is 15.1 Å². The largest absolute Gasteiger partial charge is 0.427 e. The van der Waals surface area contributed by atoms with Crippen molar-refractivity contribution in [2.24, 2.45) is 0 Å². The standard InChI is InChI=1S/C26H24ClF3N4O5/c1-31-23(37)32-16-5-7-18-14(11-16)8-9-25(18)22(36)34(24(38)39-25)13-21(35)33-10-2-3-20(33)17-6-4-15(27)12-19(17)26(28,29)30/h4-7,11-12,20H,2-3,8-10,13H2,1H3,(H2,31,32,37)/t20-,25+/m0/s1. The van der Waals surface area contributed by atoms with Crippen molar-refractivity contribution in [2.45, 2.75) is 43.5 Å². The minimum Gasteiger partial charge on any atom is -0.427 e. The first kappa shape index (κ1) is 26.8. The minimum atomic E-state index is -4.68. The average molecular weight is 565 g/mol. The second-order valence-corrected chi connectivity index (χ2v) is 10.1. The Morgan fingerprint density at radius 1 is 1.18 bits per heavy atom. The van der Waals surface area contributed by atoms with E-state index >= 15 is 0 Å². The molecule has 1 aliphatic carbocycles. The number of alkyl halides is 3. The predicted octanol–water partition coefficient (Wildman–Crippen LogP) is 4.59. The van der Waals surface area contributed by atoms with Crippen molar-refractivity contribution in [3.05, 3.63) is 63.7 Å². The van der Waals surface area contributed by atoms with E-state index < -0.39 is 53.9 Å². The number of aryl methyl sites for hydroxylation is 1. The molecule has 3 aliphatic rings. The Balaban J connectivity index is 1.36. The van der Waals surface area contributed by atoms with Gasteiger partial charge in [0.15, 0.2) is 0 Å². The number of halogens is 4. The molecule has 206 valence electrons. The van der Waals surface area contributed by atoms with E-state index in [4.69, 9.17) is 16.3 Å². The number of urea groups is 1. The van der Waals surface area contributed by atoms with E-state index in [2.05, 4.69) is 10.6 Å². The zero-order chi connectivity index (χ0) is 28.1. The fourth-order valence-corrected chi connectivity index (χ4v) is 5.78. The quantitative estimate of drug-likeness (QED) is 0.565. The van der Waals surface area contributed by atoms with Crippen LogP contribution in [0.2, 0.25) is 5.02 Å². The van der Waals surface area contributed by atoms with Crippen LogP contribution in [0.4, 0.5) is 28.4 Å². The van der Waals surface area contributed by atoms with Gasteiger partial charge >= 0.3 is 18.3 Å². The fraction of sp³-hybridized carbons (Fsp3) is 0.385. The van der Waals surface area contributed by atoms with Gasteiger partial charge < -0.3 is 20.3 Å². The molecule has 5 rings (SSSR count). The predicted molar refractivity (Wildman–Crippen MR) is 133 cm³/mol. The molecule has 0 unspecified atom stereocenters. The fourth-order valence-electron chi connectivity index (χ4n) is 5.60. The Labute approximate surface area is 226 Å². The van der Waals surface area contributed by atoms with Gasteiger partial charge in [0.05, 0.1) is 11.6 Å². The number of benzene rings is 2. The van der Waals surface area contributed by atoms with Gasteiger partial charge in [-0.1, -0.05) is 23.7 Å². The van der Waals surface area contributed by atoms with E-state index in [1.165, 1.54) is 24.1 Å². The van der Waals surface area contributed by atoms with Gasteiger partial charge in [0.2, 0.25) is 11.5 Å². The molecule has 2 N–H and O–H groups in total. The second-order valence-electron chi connectivity index (χ2n) is 9.64. The third-order valence-electron chi connectivity index (χ3n) is 7.39. The molecule has 2 atom stereocenters. The molecule has 1 spiro atoms. The lowest BCUT2D eigenvalue weighted by Crippen LogP contribution is -2.44. The molecule has 0 aromatic heterocycles. The molecule has 2 fully saturated rings. The van der Waals surface area contributed by atoms with Gasteiger partial charge in [-0.15, -0.1) is 0 Å². The van der Waals surface area contributed by atoms with Crippen LogP contribution < -0.4 is 10.6 Å². The lowest BCUT2D eigenvalue weighted by molar-refractivity contribution is -0.143. The smallest absolute Gasteiger partial charge is 0.418 e. The lowest BCUT2D eigenvalue weighted by Gasteiger charge is -2.28. The number of anilines is 1. The maximum atomic E-state index is 13.7. The summed E-state index contributed by atoms with van der Waals surface area (Å²) >= 11 is 5.81. The summed E-state index contributed by atoms with van der Waals surface area (Å²) in [5.41, 5.74) is -0.941. The number of imide groups is 1. The molecule has 0 bridgehead atoms. The number of carbonyl (C=O) groups excluding carboxylic acids is 4. The van der Waals surface area contributed by atoms with E-state index in [0.29, 0.717) is 36.1 Å². The Morgan fingerprint density at radius 3 is 2.67 bits per heavy atom. The van der Waals surface area contributed by atoms with Crippen molar-refractivity contribution in [1.29, 1.82) is 0 Å². The van der Waals surface area contributed by atoms with Crippen molar-refractivity contribution >= 4 is 41.2 Å². The number of carbonyl (C=O) groups is 4. The van der Waals surface area contributed by atoms with E-state index in [1.807, 2.05) is 0 Å². The van der Waals surface area contributed by atoms with Crippen LogP contribution >= 0.6 is 11.6 Å². The van der Waals surface area contributed by atoms with Crippen molar-refractivity contribution < 1.29 is 37.1 Å². The van der Waals surface area contributed by atoms with Crippen molar-refractivity contribution in [2.75, 3.05) is 25.5 Å². The van der Waals surface area contributed by atoms with Crippen LogP contribution in [0.1, 0.15) is 47.6 Å². The number of likely N-dealkylation sites (tertiary alicyclic amines) is 1. The topological polar surface area (TPSA) is 108 Å². The van der Waals surface area contributed by atoms with E-state index in [-0.39, 0.29) is 23.6 Å². The summed E-state index contributed by atoms with van der Waals surface area (Å²) in [4.78, 5) is 53.2. The van der Waals surface area contributed by atoms with Crippen LogP contribution in [0, 0.1) is 0 Å². The van der Waals surface area contributed by atoms with Crippen molar-refractivity contribution in [3.8, 4) is 0 Å². The number of rotatable bonds is 4. The van der Waals surface area contributed by atoms with Gasteiger partial charge in [-0.25, -0.2) is 14.5 Å². The Bertz CT molecular complexity index is 1380. The molecular formula is C26H24ClF3N4O5. The van der Waals surface area contributed by atoms with E-state index in [1.54, 1.807) is 18.2 Å². The summed E-state index contributed by atoms with van der Waals surface area (Å²) in [5, 5.41) is 5.00. The molecular weight excluding hydrogens is 541 g/mol. The maximum absolute atomic E-state index is 13.7. The van der Waals surface area contributed by atoms with Gasteiger partial charge in [-0.2, -0.15) is 13.2 Å². The van der Waals surface area contributed by atoms with Gasteiger partial charge in [0.25, 0.3) is 5.91 Å². The summed E-state index contributed by atoms with van der Waals surface area (Å²) in [6.07, 6.45) is -4.37. The number of fused-ring (bicyclic) bond motifs is 2. The number of hydrogen-bond acceptors (Lipinski definition) is 5. The summed E-state index contributed by atoms with van der Waals surface area (Å²) in [6, 6.07) is 6.99. The van der Waals surface area contributed by atoms with Crippen LogP contribution in [0.15, 0.2) is 36.4 Å². The monoisotopic (exact) mass is 564 g/mol. The van der Waals surface area contributed by atoms with Crippen LogP contribution in [0.5, 0.6) is 0 Å². The highest BCUT2D eigenvalue weighted by molar-refractivity contribution is 6.30. The van der Waals surface area contributed by atoms with Gasteiger partial charge in [0.1, 0.15) is 6.54 Å². The molecule has 2 aromatic rings. The average Bonchev–Trinajstić information content (AvgIpc) is 3.57. The molecule has 2 saturated heterocycles. The lowest BCUT2D eigenvalue weighted by atomic mass is 9.94. The van der Waals surface area contributed by atoms with Crippen LogP contribution in [0.25, 0.3) is 0 Å². The molecule has 13 heteroatoms. The van der Waals surface area contributed by atoms with Crippen LogP contribution in [-0.2, 0) is 32.5 Å². The first-order valence-electron chi connectivity index (χ1n) is 12.3. The molecule has 9 nitrogen and oxygen atoms in total. The first-order chi connectivity index (χ1) is 18.4. The molecule has 2 heterocycles. The SMILES string of the molecule is CNC(=O)Nc1ccc2c(c1)CC[C@@]21OC(=O)N(CC(=O)N2CCC[C@H]2c2ccc(Cl)cc2C(F)(F)F)C1=O. The van der Waals surface area contributed by atoms with E-state index in [0.717, 1.165) is 11.0 Å². The van der Waals surface area contributed by atoms with Crippen LogP contribution in [-0.4, -0.2) is 53.9 Å².